The second-order valence-electron chi connectivity index (χ2n) is 6.92. The number of carbonyl (C=O) groups excluding carboxylic acids is 2. The molecule has 1 aliphatic rings. The Balaban J connectivity index is 1.62. The SMILES string of the molecule is CC1=C(C(=O)Nc2ccc3[nH]ncc3c2)C(/C=C/c2ccccc2[N+](=O)[O-])NC(=O)N1. The Kier molecular flexibility index (Phi) is 5.19. The Labute approximate surface area is 176 Å². The Hall–Kier alpha value is -4.47. The van der Waals surface area contributed by atoms with E-state index >= 15 is 0 Å². The second-order valence-corrected chi connectivity index (χ2v) is 6.92. The summed E-state index contributed by atoms with van der Waals surface area (Å²) in [5.41, 5.74) is 2.38. The molecule has 0 saturated carbocycles. The van der Waals surface area contributed by atoms with Crippen molar-refractivity contribution >= 4 is 40.3 Å². The molecule has 1 aromatic heterocycles. The summed E-state index contributed by atoms with van der Waals surface area (Å²) in [5, 5.41) is 27.0. The maximum atomic E-state index is 13.0. The first-order valence-electron chi connectivity index (χ1n) is 9.37. The minimum absolute atomic E-state index is 0.0703. The van der Waals surface area contributed by atoms with Gasteiger partial charge in [-0.3, -0.25) is 20.0 Å². The Morgan fingerprint density at radius 3 is 2.87 bits per heavy atom. The summed E-state index contributed by atoms with van der Waals surface area (Å²) in [5.74, 6) is -0.412. The van der Waals surface area contributed by atoms with Crippen LogP contribution >= 0.6 is 0 Å². The Bertz CT molecular complexity index is 1260. The number of nitro groups is 1. The van der Waals surface area contributed by atoms with E-state index in [1.165, 1.54) is 12.1 Å². The molecule has 0 saturated heterocycles. The molecule has 10 nitrogen and oxygen atoms in total. The highest BCUT2D eigenvalue weighted by Crippen LogP contribution is 2.23. The summed E-state index contributed by atoms with van der Waals surface area (Å²) in [6.07, 6.45) is 4.72. The van der Waals surface area contributed by atoms with Gasteiger partial charge in [-0.15, -0.1) is 0 Å². The van der Waals surface area contributed by atoms with Crippen molar-refractivity contribution in [3.8, 4) is 0 Å². The highest BCUT2D eigenvalue weighted by molar-refractivity contribution is 6.07. The standard InChI is InChI=1S/C21H18N6O4/c1-12-19(20(28)24-15-7-9-16-14(10-15)11-22-26-16)17(25-21(29)23-12)8-6-13-4-2-3-5-18(13)27(30)31/h2-11,17H,1H3,(H,22,26)(H,24,28)(H2,23,25,29)/b8-6+. The molecule has 156 valence electrons. The van der Waals surface area contributed by atoms with Crippen LogP contribution < -0.4 is 16.0 Å². The maximum absolute atomic E-state index is 13.0. The van der Waals surface area contributed by atoms with Gasteiger partial charge in [-0.2, -0.15) is 5.10 Å². The normalized spacial score (nSPS) is 16.3. The molecule has 3 aromatic rings. The average Bonchev–Trinajstić information content (AvgIpc) is 3.19. The number of nitrogens with zero attached hydrogens (tertiary/aromatic N) is 2. The summed E-state index contributed by atoms with van der Waals surface area (Å²) in [6.45, 7) is 1.62. The van der Waals surface area contributed by atoms with Crippen LogP contribution in [0.5, 0.6) is 0 Å². The van der Waals surface area contributed by atoms with Crippen molar-refractivity contribution < 1.29 is 14.5 Å². The van der Waals surface area contributed by atoms with Crippen LogP contribution in [0.25, 0.3) is 17.0 Å². The molecule has 3 amide bonds. The molecule has 0 fully saturated rings. The molecule has 0 aliphatic carbocycles. The predicted octanol–water partition coefficient (Wildman–Crippen LogP) is 3.08. The third kappa shape index (κ3) is 4.13. The van der Waals surface area contributed by atoms with Crippen molar-refractivity contribution in [1.29, 1.82) is 0 Å². The van der Waals surface area contributed by atoms with Gasteiger partial charge in [0.2, 0.25) is 0 Å². The van der Waals surface area contributed by atoms with Crippen LogP contribution in [-0.2, 0) is 4.79 Å². The quantitative estimate of drug-likeness (QED) is 0.372. The number of fused-ring (bicyclic) bond motifs is 1. The second kappa shape index (κ2) is 8.11. The van der Waals surface area contributed by atoms with Gasteiger partial charge in [0.1, 0.15) is 0 Å². The summed E-state index contributed by atoms with van der Waals surface area (Å²) < 4.78 is 0. The van der Waals surface area contributed by atoms with Gasteiger partial charge in [-0.25, -0.2) is 4.79 Å². The molecule has 0 spiro atoms. The van der Waals surface area contributed by atoms with Gasteiger partial charge in [0.15, 0.2) is 0 Å². The summed E-state index contributed by atoms with van der Waals surface area (Å²) in [7, 11) is 0. The molecular formula is C21H18N6O4. The van der Waals surface area contributed by atoms with Crippen LogP contribution in [0.3, 0.4) is 0 Å². The van der Waals surface area contributed by atoms with Crippen LogP contribution in [0.1, 0.15) is 12.5 Å². The van der Waals surface area contributed by atoms with Crippen molar-refractivity contribution in [2.75, 3.05) is 5.32 Å². The fourth-order valence-corrected chi connectivity index (χ4v) is 3.39. The number of carbonyl (C=O) groups is 2. The van der Waals surface area contributed by atoms with Crippen LogP contribution in [0.15, 0.2) is 66.0 Å². The van der Waals surface area contributed by atoms with E-state index < -0.39 is 22.9 Å². The Morgan fingerprint density at radius 1 is 1.26 bits per heavy atom. The number of nitrogens with one attached hydrogen (secondary N) is 4. The monoisotopic (exact) mass is 418 g/mol. The van der Waals surface area contributed by atoms with E-state index in [2.05, 4.69) is 26.1 Å². The van der Waals surface area contributed by atoms with Crippen molar-refractivity contribution in [3.05, 3.63) is 81.7 Å². The first kappa shape index (κ1) is 19.8. The third-order valence-corrected chi connectivity index (χ3v) is 4.85. The topological polar surface area (TPSA) is 142 Å². The minimum atomic E-state index is -0.772. The number of H-pyrrole nitrogens is 1. The molecule has 1 unspecified atom stereocenters. The van der Waals surface area contributed by atoms with E-state index in [4.69, 9.17) is 0 Å². The molecule has 31 heavy (non-hydrogen) atoms. The number of allylic oxidation sites excluding steroid dienone is 1. The molecule has 1 aliphatic heterocycles. The van der Waals surface area contributed by atoms with E-state index in [9.17, 15) is 19.7 Å². The number of rotatable bonds is 5. The van der Waals surface area contributed by atoms with Crippen LogP contribution in [0, 0.1) is 10.1 Å². The predicted molar refractivity (Wildman–Crippen MR) is 115 cm³/mol. The summed E-state index contributed by atoms with van der Waals surface area (Å²) >= 11 is 0. The number of urea groups is 1. The fraction of sp³-hybridized carbons (Fsp3) is 0.0952. The van der Waals surface area contributed by atoms with E-state index in [1.54, 1.807) is 55.6 Å². The van der Waals surface area contributed by atoms with Gasteiger partial charge in [-0.1, -0.05) is 18.2 Å². The number of anilines is 1. The van der Waals surface area contributed by atoms with Gasteiger partial charge < -0.3 is 16.0 Å². The van der Waals surface area contributed by atoms with Crippen LogP contribution in [0.4, 0.5) is 16.2 Å². The average molecular weight is 418 g/mol. The van der Waals surface area contributed by atoms with Crippen molar-refractivity contribution in [1.82, 2.24) is 20.8 Å². The van der Waals surface area contributed by atoms with Crippen molar-refractivity contribution in [2.24, 2.45) is 0 Å². The van der Waals surface area contributed by atoms with Crippen LogP contribution in [-0.4, -0.2) is 33.1 Å². The largest absolute Gasteiger partial charge is 0.327 e. The molecule has 1 atom stereocenters. The zero-order chi connectivity index (χ0) is 22.0. The lowest BCUT2D eigenvalue weighted by Crippen LogP contribution is -2.49. The minimum Gasteiger partial charge on any atom is -0.327 e. The molecule has 2 aromatic carbocycles. The van der Waals surface area contributed by atoms with Gasteiger partial charge in [0, 0.05) is 22.8 Å². The lowest BCUT2D eigenvalue weighted by molar-refractivity contribution is -0.385. The number of hydrogen-bond acceptors (Lipinski definition) is 5. The van der Waals surface area contributed by atoms with Gasteiger partial charge in [0.05, 0.1) is 33.8 Å². The molecule has 2 heterocycles. The van der Waals surface area contributed by atoms with E-state index in [0.717, 1.165) is 10.9 Å². The summed E-state index contributed by atoms with van der Waals surface area (Å²) in [4.78, 5) is 35.8. The van der Waals surface area contributed by atoms with Gasteiger partial charge >= 0.3 is 6.03 Å². The van der Waals surface area contributed by atoms with E-state index in [-0.39, 0.29) is 5.69 Å². The zero-order valence-corrected chi connectivity index (χ0v) is 16.4. The van der Waals surface area contributed by atoms with Crippen molar-refractivity contribution in [2.45, 2.75) is 13.0 Å². The number of amides is 3. The molecule has 4 rings (SSSR count). The van der Waals surface area contributed by atoms with Crippen LogP contribution in [0.2, 0.25) is 0 Å². The van der Waals surface area contributed by atoms with E-state index in [1.807, 2.05) is 0 Å². The maximum Gasteiger partial charge on any atom is 0.319 e. The van der Waals surface area contributed by atoms with Gasteiger partial charge in [-0.05, 0) is 37.3 Å². The lowest BCUT2D eigenvalue weighted by Gasteiger charge is -2.26. The molecular weight excluding hydrogens is 400 g/mol. The highest BCUT2D eigenvalue weighted by atomic mass is 16.6. The summed E-state index contributed by atoms with van der Waals surface area (Å²) in [6, 6.07) is 10.3. The first-order valence-corrected chi connectivity index (χ1v) is 9.37. The molecule has 10 heteroatoms. The number of aromatic amines is 1. The first-order chi connectivity index (χ1) is 14.9. The van der Waals surface area contributed by atoms with E-state index in [0.29, 0.717) is 22.5 Å². The number of para-hydroxylation sites is 1. The molecule has 4 N–H and O–H groups in total. The smallest absolute Gasteiger partial charge is 0.319 e. The third-order valence-electron chi connectivity index (χ3n) is 4.85. The number of aromatic nitrogens is 2. The van der Waals surface area contributed by atoms with Gasteiger partial charge in [0.25, 0.3) is 11.6 Å². The number of nitro benzene ring substituents is 1. The van der Waals surface area contributed by atoms with Crippen molar-refractivity contribution in [3.63, 3.8) is 0 Å². The fourth-order valence-electron chi connectivity index (χ4n) is 3.39. The Morgan fingerprint density at radius 2 is 2.06 bits per heavy atom. The molecule has 0 radical (unpaired) electrons. The lowest BCUT2D eigenvalue weighted by atomic mass is 10.00. The molecule has 0 bridgehead atoms. The number of benzene rings is 2. The zero-order valence-electron chi connectivity index (χ0n) is 16.4. The highest BCUT2D eigenvalue weighted by Gasteiger charge is 2.28. The number of hydrogen-bond donors (Lipinski definition) is 4.